The molecule has 2 N–H and O–H groups in total. The van der Waals surface area contributed by atoms with Crippen LogP contribution >= 0.6 is 0 Å². The number of ether oxygens (including phenoxy) is 1. The Morgan fingerprint density at radius 3 is 1.32 bits per heavy atom. The zero-order valence-electron chi connectivity index (χ0n) is 27.2. The molecular formula is C35H67NO5. The minimum atomic E-state index is -1.01. The fourth-order valence-electron chi connectivity index (χ4n) is 5.40. The molecule has 0 aromatic carbocycles. The molecule has 0 fully saturated rings. The molecule has 6 heteroatoms. The zero-order chi connectivity index (χ0) is 30.2. The molecule has 1 atom stereocenters. The van der Waals surface area contributed by atoms with Crippen LogP contribution in [0.2, 0.25) is 0 Å². The molecule has 41 heavy (non-hydrogen) atoms. The van der Waals surface area contributed by atoms with Crippen molar-refractivity contribution in [3.05, 3.63) is 0 Å². The Morgan fingerprint density at radius 2 is 0.902 bits per heavy atom. The van der Waals surface area contributed by atoms with Crippen molar-refractivity contribution >= 4 is 17.8 Å². The predicted octanol–water partition coefficient (Wildman–Crippen LogP) is 10.1. The molecular weight excluding hydrogens is 514 g/mol. The second-order valence-electron chi connectivity index (χ2n) is 12.1. The average Bonchev–Trinajstić information content (AvgIpc) is 2.95. The Morgan fingerprint density at radius 1 is 0.537 bits per heavy atom. The highest BCUT2D eigenvalue weighted by Gasteiger charge is 2.14. The lowest BCUT2D eigenvalue weighted by Crippen LogP contribution is -2.28. The van der Waals surface area contributed by atoms with Gasteiger partial charge in [-0.3, -0.25) is 14.4 Å². The van der Waals surface area contributed by atoms with Crippen LogP contribution in [0, 0.1) is 0 Å². The minimum Gasteiger partial charge on any atom is -0.480 e. The second kappa shape index (κ2) is 31.3. The number of carbonyl (C=O) groups excluding carboxylic acids is 2. The maximum Gasteiger partial charge on any atom is 0.322 e. The monoisotopic (exact) mass is 582 g/mol. The molecule has 1 unspecified atom stereocenters. The number of carboxylic acid groups (broad SMARTS) is 1. The van der Waals surface area contributed by atoms with Crippen molar-refractivity contribution in [2.75, 3.05) is 6.54 Å². The molecule has 0 radical (unpaired) electrons. The van der Waals surface area contributed by atoms with E-state index in [2.05, 4.69) is 19.2 Å². The summed E-state index contributed by atoms with van der Waals surface area (Å²) in [7, 11) is 0. The molecule has 1 amide bonds. The summed E-state index contributed by atoms with van der Waals surface area (Å²) in [6.07, 6.45) is 32.1. The van der Waals surface area contributed by atoms with Crippen LogP contribution in [0.1, 0.15) is 194 Å². The highest BCUT2D eigenvalue weighted by atomic mass is 16.5. The Hall–Kier alpha value is -1.59. The van der Waals surface area contributed by atoms with Crippen LogP contribution in [-0.2, 0) is 19.1 Å². The number of nitrogens with one attached hydrogen (secondary N) is 1. The number of esters is 1. The summed E-state index contributed by atoms with van der Waals surface area (Å²) in [6, 6.07) is 0. The van der Waals surface area contributed by atoms with E-state index in [1.807, 2.05) is 0 Å². The van der Waals surface area contributed by atoms with E-state index in [-0.39, 0.29) is 24.5 Å². The van der Waals surface area contributed by atoms with Crippen molar-refractivity contribution in [2.45, 2.75) is 200 Å². The quantitative estimate of drug-likeness (QED) is 0.0609. The van der Waals surface area contributed by atoms with Gasteiger partial charge in [0.15, 0.2) is 0 Å². The van der Waals surface area contributed by atoms with Gasteiger partial charge in [0.05, 0.1) is 0 Å². The molecule has 0 aliphatic rings. The predicted molar refractivity (Wildman–Crippen MR) is 171 cm³/mol. The lowest BCUT2D eigenvalue weighted by Gasteiger charge is -2.18. The standard InChI is InChI=1S/C35H67NO5/c1-3-5-7-9-11-13-15-17-22-26-30-35(40)41-32(27-23-19-16-14-12-10-8-6-4-2)28-24-20-18-21-25-29-33(37)36-31-34(38)39/h32H,3-31H2,1-2H3,(H,36,37)(H,38,39). The van der Waals surface area contributed by atoms with Gasteiger partial charge in [-0.15, -0.1) is 0 Å². The fraction of sp³-hybridized carbons (Fsp3) is 0.914. The van der Waals surface area contributed by atoms with Crippen LogP contribution < -0.4 is 5.32 Å². The molecule has 0 spiro atoms. The lowest BCUT2D eigenvalue weighted by atomic mass is 10.0. The highest BCUT2D eigenvalue weighted by molar-refractivity contribution is 5.80. The van der Waals surface area contributed by atoms with E-state index < -0.39 is 5.97 Å². The van der Waals surface area contributed by atoms with Gasteiger partial charge in [-0.25, -0.2) is 0 Å². The largest absolute Gasteiger partial charge is 0.480 e. The smallest absolute Gasteiger partial charge is 0.322 e. The normalized spacial score (nSPS) is 11.9. The molecule has 0 saturated heterocycles. The number of amides is 1. The van der Waals surface area contributed by atoms with E-state index in [1.165, 1.54) is 103 Å². The first kappa shape index (κ1) is 39.4. The van der Waals surface area contributed by atoms with E-state index in [9.17, 15) is 14.4 Å². The van der Waals surface area contributed by atoms with Gasteiger partial charge in [0.1, 0.15) is 12.6 Å². The van der Waals surface area contributed by atoms with Crippen LogP contribution in [0.3, 0.4) is 0 Å². The summed E-state index contributed by atoms with van der Waals surface area (Å²) in [5.74, 6) is -1.22. The molecule has 0 aromatic heterocycles. The second-order valence-corrected chi connectivity index (χ2v) is 12.1. The lowest BCUT2D eigenvalue weighted by molar-refractivity contribution is -0.150. The number of hydrogen-bond acceptors (Lipinski definition) is 4. The number of carboxylic acids is 1. The van der Waals surface area contributed by atoms with Gasteiger partial charge in [-0.2, -0.15) is 0 Å². The van der Waals surface area contributed by atoms with E-state index in [0.717, 1.165) is 64.2 Å². The van der Waals surface area contributed by atoms with Crippen molar-refractivity contribution in [1.82, 2.24) is 5.32 Å². The summed E-state index contributed by atoms with van der Waals surface area (Å²) in [4.78, 5) is 34.7. The number of carbonyl (C=O) groups is 3. The van der Waals surface area contributed by atoms with Crippen molar-refractivity contribution in [1.29, 1.82) is 0 Å². The number of aliphatic carboxylic acids is 1. The van der Waals surface area contributed by atoms with Crippen LogP contribution in [0.4, 0.5) is 0 Å². The minimum absolute atomic E-state index is 0.0159. The highest BCUT2D eigenvalue weighted by Crippen LogP contribution is 2.19. The third-order valence-corrected chi connectivity index (χ3v) is 8.03. The van der Waals surface area contributed by atoms with Crippen LogP contribution in [0.25, 0.3) is 0 Å². The molecule has 0 rings (SSSR count). The number of unbranched alkanes of at least 4 members (excludes halogenated alkanes) is 21. The van der Waals surface area contributed by atoms with E-state index in [0.29, 0.717) is 12.8 Å². The summed E-state index contributed by atoms with van der Waals surface area (Å²) in [5, 5.41) is 11.0. The molecule has 0 aliphatic carbocycles. The first-order valence-electron chi connectivity index (χ1n) is 17.7. The maximum absolute atomic E-state index is 12.6. The van der Waals surface area contributed by atoms with Gasteiger partial charge in [0.2, 0.25) is 5.91 Å². The Balaban J connectivity index is 4.13. The summed E-state index contributed by atoms with van der Waals surface area (Å²) in [5.41, 5.74) is 0. The molecule has 242 valence electrons. The van der Waals surface area contributed by atoms with Gasteiger partial charge >= 0.3 is 11.9 Å². The number of hydrogen-bond donors (Lipinski definition) is 2. The SMILES string of the molecule is CCCCCCCCCCCCC(=O)OC(CCCCCCCCCCC)CCCCCCCC(=O)NCC(=O)O. The van der Waals surface area contributed by atoms with E-state index in [4.69, 9.17) is 9.84 Å². The average molecular weight is 582 g/mol. The zero-order valence-corrected chi connectivity index (χ0v) is 27.2. The topological polar surface area (TPSA) is 92.7 Å². The van der Waals surface area contributed by atoms with Gasteiger partial charge in [-0.05, 0) is 38.5 Å². The van der Waals surface area contributed by atoms with E-state index in [1.54, 1.807) is 0 Å². The first-order chi connectivity index (χ1) is 20.0. The Kier molecular flexibility index (Phi) is 30.1. The van der Waals surface area contributed by atoms with Crippen LogP contribution in [-0.4, -0.2) is 35.6 Å². The van der Waals surface area contributed by atoms with Crippen molar-refractivity contribution < 1.29 is 24.2 Å². The molecule has 0 aromatic rings. The Bertz CT molecular complexity index is 609. The summed E-state index contributed by atoms with van der Waals surface area (Å²) in [6.45, 7) is 4.21. The van der Waals surface area contributed by atoms with E-state index >= 15 is 0 Å². The molecule has 6 nitrogen and oxygen atoms in total. The van der Waals surface area contributed by atoms with Crippen molar-refractivity contribution in [2.24, 2.45) is 0 Å². The van der Waals surface area contributed by atoms with Crippen LogP contribution in [0.15, 0.2) is 0 Å². The van der Waals surface area contributed by atoms with Gasteiger partial charge < -0.3 is 15.2 Å². The fourth-order valence-corrected chi connectivity index (χ4v) is 5.40. The van der Waals surface area contributed by atoms with Crippen LogP contribution in [0.5, 0.6) is 0 Å². The van der Waals surface area contributed by atoms with Crippen molar-refractivity contribution in [3.8, 4) is 0 Å². The third-order valence-electron chi connectivity index (χ3n) is 8.03. The first-order valence-corrected chi connectivity index (χ1v) is 17.7. The third kappa shape index (κ3) is 31.2. The summed E-state index contributed by atoms with van der Waals surface area (Å²) >= 11 is 0. The number of rotatable bonds is 32. The maximum atomic E-state index is 12.6. The molecule has 0 bridgehead atoms. The van der Waals surface area contributed by atoms with Gasteiger partial charge in [0, 0.05) is 12.8 Å². The molecule has 0 heterocycles. The van der Waals surface area contributed by atoms with Crippen molar-refractivity contribution in [3.63, 3.8) is 0 Å². The Labute approximate surface area is 253 Å². The van der Waals surface area contributed by atoms with Gasteiger partial charge in [0.25, 0.3) is 0 Å². The summed E-state index contributed by atoms with van der Waals surface area (Å²) < 4.78 is 5.97. The van der Waals surface area contributed by atoms with Gasteiger partial charge in [-0.1, -0.05) is 142 Å². The molecule has 0 saturated carbocycles. The molecule has 0 aliphatic heterocycles.